The second-order valence-corrected chi connectivity index (χ2v) is 12.6. The number of carbonyl (C=O) groups excluding carboxylic acids is 1. The Morgan fingerprint density at radius 2 is 1.17 bits per heavy atom. The minimum absolute atomic E-state index is 0.0895. The van der Waals surface area contributed by atoms with E-state index >= 15 is 0 Å². The summed E-state index contributed by atoms with van der Waals surface area (Å²) in [7, 11) is 0. The van der Waals surface area contributed by atoms with Gasteiger partial charge >= 0.3 is 5.97 Å². The third-order valence-corrected chi connectivity index (χ3v) is 9.54. The fourth-order valence-corrected chi connectivity index (χ4v) is 7.13. The van der Waals surface area contributed by atoms with Gasteiger partial charge in [-0.3, -0.25) is 4.79 Å². The first-order valence-corrected chi connectivity index (χ1v) is 16.6. The van der Waals surface area contributed by atoms with Crippen LogP contribution in [0.25, 0.3) is 43.1 Å². The number of carbonyl (C=O) groups is 2. The van der Waals surface area contributed by atoms with Gasteiger partial charge in [-0.2, -0.15) is 0 Å². The highest BCUT2D eigenvalue weighted by molar-refractivity contribution is 9.10. The zero-order valence-corrected chi connectivity index (χ0v) is 26.5. The number of nitrogens with one attached hydrogen (secondary N) is 1. The van der Waals surface area contributed by atoms with E-state index in [-0.39, 0.29) is 17.5 Å². The molecule has 0 spiro atoms. The zero-order valence-electron chi connectivity index (χ0n) is 24.9. The lowest BCUT2D eigenvalue weighted by atomic mass is 9.86. The molecule has 5 rings (SSSR count). The maximum absolute atomic E-state index is 14.0. The predicted molar refractivity (Wildman–Crippen MR) is 180 cm³/mol. The number of hydrogen-bond acceptors (Lipinski definition) is 2. The number of aromatic carboxylic acids is 1. The Bertz CT molecular complexity index is 1670. The Balaban J connectivity index is 1.56. The number of carboxylic acid groups (broad SMARTS) is 1. The van der Waals surface area contributed by atoms with E-state index in [0.29, 0.717) is 10.9 Å². The molecule has 0 aliphatic rings. The summed E-state index contributed by atoms with van der Waals surface area (Å²) in [5.74, 6) is -1.19. The van der Waals surface area contributed by atoms with E-state index in [1.165, 1.54) is 51.4 Å². The fourth-order valence-electron chi connectivity index (χ4n) is 6.67. The van der Waals surface area contributed by atoms with Crippen molar-refractivity contribution < 1.29 is 14.7 Å². The van der Waals surface area contributed by atoms with Crippen molar-refractivity contribution in [2.45, 2.75) is 96.9 Å². The summed E-state index contributed by atoms with van der Waals surface area (Å²) in [5, 5.41) is 21.3. The lowest BCUT2D eigenvalue weighted by molar-refractivity contribution is 0.0699. The molecule has 0 aromatic heterocycles. The highest BCUT2D eigenvalue weighted by atomic mass is 79.9. The number of halogens is 1. The molecule has 220 valence electrons. The summed E-state index contributed by atoms with van der Waals surface area (Å²) >= 11 is 3.71. The van der Waals surface area contributed by atoms with E-state index in [1.54, 1.807) is 6.07 Å². The van der Waals surface area contributed by atoms with Gasteiger partial charge in [0.15, 0.2) is 0 Å². The largest absolute Gasteiger partial charge is 0.478 e. The van der Waals surface area contributed by atoms with Gasteiger partial charge in [-0.25, -0.2) is 4.79 Å². The predicted octanol–water partition coefficient (Wildman–Crippen LogP) is 11.0. The van der Waals surface area contributed by atoms with Crippen LogP contribution in [0.15, 0.2) is 59.1 Å². The van der Waals surface area contributed by atoms with Crippen LogP contribution in [0.4, 0.5) is 0 Å². The standard InChI is InChI=1S/C37H42BrNO3/c1-3-5-7-9-11-14-24(15-12-10-8-6-4-2)39-36(40)30-20-18-27-25-16-13-17-29-32(38)23-22-26(33(25)29)28-19-21-31(37(41)42)35(30)34(27)28/h13,16-24H,3-12,14-15H2,1-2H3,(H,39,40)(H,41,42). The summed E-state index contributed by atoms with van der Waals surface area (Å²) in [6.07, 6.45) is 13.9. The van der Waals surface area contributed by atoms with E-state index < -0.39 is 5.97 Å². The van der Waals surface area contributed by atoms with Gasteiger partial charge < -0.3 is 10.4 Å². The Morgan fingerprint density at radius 1 is 0.643 bits per heavy atom. The van der Waals surface area contributed by atoms with Crippen LogP contribution in [0.5, 0.6) is 0 Å². The molecule has 0 saturated carbocycles. The molecule has 0 aliphatic heterocycles. The van der Waals surface area contributed by atoms with Gasteiger partial charge in [-0.1, -0.05) is 130 Å². The first kappa shape index (κ1) is 30.3. The molecule has 0 saturated heterocycles. The summed E-state index contributed by atoms with van der Waals surface area (Å²) in [4.78, 5) is 26.6. The number of hydrogen-bond donors (Lipinski definition) is 2. The van der Waals surface area contributed by atoms with E-state index in [1.807, 2.05) is 30.3 Å². The third-order valence-electron chi connectivity index (χ3n) is 8.85. The lowest BCUT2D eigenvalue weighted by Gasteiger charge is -2.21. The summed E-state index contributed by atoms with van der Waals surface area (Å²) in [6, 6.07) is 17.9. The first-order chi connectivity index (χ1) is 20.5. The number of rotatable bonds is 15. The molecule has 2 N–H and O–H groups in total. The van der Waals surface area contributed by atoms with Crippen molar-refractivity contribution >= 4 is 70.9 Å². The molecule has 5 heteroatoms. The SMILES string of the molecule is CCCCCCCC(CCCCCCC)NC(=O)c1ccc2c3cccc4c(Br)ccc(c5ccc(C(=O)O)c1c52)c43. The smallest absolute Gasteiger partial charge is 0.336 e. The van der Waals surface area contributed by atoms with E-state index in [9.17, 15) is 14.7 Å². The molecule has 5 aromatic carbocycles. The molecule has 0 atom stereocenters. The molecule has 4 nitrogen and oxygen atoms in total. The monoisotopic (exact) mass is 627 g/mol. The van der Waals surface area contributed by atoms with Crippen molar-refractivity contribution in [3.63, 3.8) is 0 Å². The van der Waals surface area contributed by atoms with Crippen LogP contribution < -0.4 is 5.32 Å². The molecule has 0 heterocycles. The lowest BCUT2D eigenvalue weighted by Crippen LogP contribution is -2.35. The van der Waals surface area contributed by atoms with Crippen LogP contribution in [0.3, 0.4) is 0 Å². The molecule has 0 radical (unpaired) electrons. The Labute approximate surface area is 257 Å². The number of unbranched alkanes of at least 4 members (excludes halogenated alkanes) is 8. The van der Waals surface area contributed by atoms with Crippen LogP contribution in [0.1, 0.15) is 112 Å². The zero-order chi connectivity index (χ0) is 29.6. The molecule has 0 aliphatic carbocycles. The van der Waals surface area contributed by atoms with Gasteiger partial charge in [0, 0.05) is 21.5 Å². The average Bonchev–Trinajstić information content (AvgIpc) is 2.99. The van der Waals surface area contributed by atoms with Crippen molar-refractivity contribution in [1.82, 2.24) is 5.32 Å². The second kappa shape index (κ2) is 13.9. The van der Waals surface area contributed by atoms with Gasteiger partial charge in [-0.05, 0) is 68.7 Å². The van der Waals surface area contributed by atoms with Crippen LogP contribution in [-0.2, 0) is 0 Å². The molecule has 0 fully saturated rings. The highest BCUT2D eigenvalue weighted by Gasteiger charge is 2.24. The fraction of sp³-hybridized carbons (Fsp3) is 0.405. The maximum atomic E-state index is 14.0. The van der Waals surface area contributed by atoms with Crippen LogP contribution in [-0.4, -0.2) is 23.0 Å². The minimum atomic E-state index is -1.02. The number of amides is 1. The van der Waals surface area contributed by atoms with Gasteiger partial charge in [-0.15, -0.1) is 0 Å². The van der Waals surface area contributed by atoms with Crippen molar-refractivity contribution in [3.05, 3.63) is 70.2 Å². The van der Waals surface area contributed by atoms with E-state index in [2.05, 4.69) is 53.3 Å². The number of carboxylic acids is 1. The van der Waals surface area contributed by atoms with Crippen molar-refractivity contribution in [3.8, 4) is 0 Å². The van der Waals surface area contributed by atoms with Crippen LogP contribution >= 0.6 is 15.9 Å². The summed E-state index contributed by atoms with van der Waals surface area (Å²) in [6.45, 7) is 4.45. The molecule has 42 heavy (non-hydrogen) atoms. The molecular formula is C37H42BrNO3. The average molecular weight is 629 g/mol. The minimum Gasteiger partial charge on any atom is -0.478 e. The first-order valence-electron chi connectivity index (χ1n) is 15.8. The Hall–Kier alpha value is -3.18. The molecule has 0 bridgehead atoms. The molecule has 5 aromatic rings. The second-order valence-electron chi connectivity index (χ2n) is 11.8. The molecule has 0 unspecified atom stereocenters. The third kappa shape index (κ3) is 6.13. The molecule has 1 amide bonds. The highest BCUT2D eigenvalue weighted by Crippen LogP contribution is 2.43. The van der Waals surface area contributed by atoms with Gasteiger partial charge in [0.25, 0.3) is 5.91 Å². The summed E-state index contributed by atoms with van der Waals surface area (Å²) in [5.41, 5.74) is 0.617. The van der Waals surface area contributed by atoms with Gasteiger partial charge in [0.2, 0.25) is 0 Å². The quantitative estimate of drug-likeness (QED) is 0.0689. The molecular weight excluding hydrogens is 586 g/mol. The van der Waals surface area contributed by atoms with E-state index in [0.717, 1.165) is 67.9 Å². The van der Waals surface area contributed by atoms with Crippen molar-refractivity contribution in [2.75, 3.05) is 0 Å². The summed E-state index contributed by atoms with van der Waals surface area (Å²) < 4.78 is 1.02. The van der Waals surface area contributed by atoms with Crippen molar-refractivity contribution in [1.29, 1.82) is 0 Å². The van der Waals surface area contributed by atoms with Crippen LogP contribution in [0, 0.1) is 0 Å². The Kier molecular flexibility index (Phi) is 9.99. The van der Waals surface area contributed by atoms with Crippen molar-refractivity contribution in [2.24, 2.45) is 0 Å². The number of benzene rings is 5. The normalized spacial score (nSPS) is 11.9. The maximum Gasteiger partial charge on any atom is 0.336 e. The number of fused-ring (bicyclic) bond motifs is 2. The van der Waals surface area contributed by atoms with Gasteiger partial charge in [0.05, 0.1) is 5.56 Å². The van der Waals surface area contributed by atoms with E-state index in [4.69, 9.17) is 0 Å². The topological polar surface area (TPSA) is 66.4 Å². The van der Waals surface area contributed by atoms with Gasteiger partial charge in [0.1, 0.15) is 0 Å². The Morgan fingerprint density at radius 3 is 1.79 bits per heavy atom. The van der Waals surface area contributed by atoms with Crippen LogP contribution in [0.2, 0.25) is 0 Å².